The number of nitrogens with one attached hydrogen (secondary N) is 1. The molecule has 0 spiro atoms. The molecular formula is C12H14F4N2O2S. The Labute approximate surface area is 119 Å². The molecule has 1 aromatic carbocycles. The van der Waals surface area contributed by atoms with Gasteiger partial charge in [0.1, 0.15) is 5.82 Å². The van der Waals surface area contributed by atoms with Crippen LogP contribution in [0.5, 0.6) is 0 Å². The van der Waals surface area contributed by atoms with Crippen molar-refractivity contribution in [1.29, 1.82) is 0 Å². The summed E-state index contributed by atoms with van der Waals surface area (Å²) in [5.74, 6) is -1.33. The van der Waals surface area contributed by atoms with Crippen LogP contribution in [-0.2, 0) is 16.2 Å². The Morgan fingerprint density at radius 3 is 2.38 bits per heavy atom. The lowest BCUT2D eigenvalue weighted by Gasteiger charge is -2.29. The second kappa shape index (κ2) is 5.54. The van der Waals surface area contributed by atoms with E-state index in [-0.39, 0.29) is 18.5 Å². The first-order valence-corrected chi connectivity index (χ1v) is 7.81. The summed E-state index contributed by atoms with van der Waals surface area (Å²) >= 11 is 0. The lowest BCUT2D eigenvalue weighted by atomic mass is 9.95. The summed E-state index contributed by atoms with van der Waals surface area (Å²) in [6.45, 7) is 0.0578. The minimum absolute atomic E-state index is 0.0578. The summed E-state index contributed by atoms with van der Waals surface area (Å²) in [5, 5.41) is 7.12. The minimum atomic E-state index is -4.77. The predicted molar refractivity (Wildman–Crippen MR) is 68.3 cm³/mol. The molecule has 1 aliphatic rings. The maximum Gasteiger partial charge on any atom is 0.419 e. The molecule has 2 rings (SSSR count). The van der Waals surface area contributed by atoms with Crippen LogP contribution in [0.1, 0.15) is 30.0 Å². The molecule has 118 valence electrons. The number of primary sulfonamides is 1. The molecule has 21 heavy (non-hydrogen) atoms. The van der Waals surface area contributed by atoms with Gasteiger partial charge in [-0.2, -0.15) is 13.2 Å². The van der Waals surface area contributed by atoms with Crippen LogP contribution in [0.15, 0.2) is 18.2 Å². The van der Waals surface area contributed by atoms with E-state index in [0.717, 1.165) is 12.1 Å². The third kappa shape index (κ3) is 3.72. The van der Waals surface area contributed by atoms with E-state index >= 15 is 0 Å². The lowest BCUT2D eigenvalue weighted by molar-refractivity contribution is -0.140. The Morgan fingerprint density at radius 2 is 1.90 bits per heavy atom. The largest absolute Gasteiger partial charge is 0.419 e. The third-order valence-corrected chi connectivity index (χ3v) is 4.86. The van der Waals surface area contributed by atoms with Gasteiger partial charge in [0.15, 0.2) is 0 Å². The highest BCUT2D eigenvalue weighted by atomic mass is 32.2. The zero-order chi connectivity index (χ0) is 15.8. The van der Waals surface area contributed by atoms with Gasteiger partial charge in [-0.05, 0) is 30.5 Å². The van der Waals surface area contributed by atoms with Gasteiger partial charge in [-0.1, -0.05) is 6.07 Å². The van der Waals surface area contributed by atoms with Crippen LogP contribution in [0.3, 0.4) is 0 Å². The zero-order valence-electron chi connectivity index (χ0n) is 10.8. The van der Waals surface area contributed by atoms with Crippen molar-refractivity contribution in [3.63, 3.8) is 0 Å². The molecule has 0 amide bonds. The van der Waals surface area contributed by atoms with Crippen LogP contribution >= 0.6 is 0 Å². The number of piperidine rings is 1. The number of benzene rings is 1. The third-order valence-electron chi connectivity index (χ3n) is 3.53. The van der Waals surface area contributed by atoms with E-state index in [1.807, 2.05) is 0 Å². The molecule has 2 unspecified atom stereocenters. The molecule has 2 atom stereocenters. The van der Waals surface area contributed by atoms with Crippen molar-refractivity contribution >= 4 is 10.0 Å². The van der Waals surface area contributed by atoms with Gasteiger partial charge in [-0.15, -0.1) is 0 Å². The second-order valence-electron chi connectivity index (χ2n) is 4.99. The summed E-state index contributed by atoms with van der Waals surface area (Å²) in [5.41, 5.74) is -1.05. The van der Waals surface area contributed by atoms with Crippen LogP contribution in [0, 0.1) is 5.82 Å². The number of halogens is 4. The highest BCUT2D eigenvalue weighted by Crippen LogP contribution is 2.34. The fourth-order valence-corrected chi connectivity index (χ4v) is 3.17. The van der Waals surface area contributed by atoms with Gasteiger partial charge in [-0.25, -0.2) is 17.9 Å². The molecule has 1 aliphatic heterocycles. The Bertz CT molecular complexity index is 623. The first-order valence-electron chi connectivity index (χ1n) is 6.20. The molecule has 1 fully saturated rings. The van der Waals surface area contributed by atoms with Crippen molar-refractivity contribution < 1.29 is 26.0 Å². The smallest absolute Gasteiger partial charge is 0.309 e. The number of hydrogen-bond donors (Lipinski definition) is 2. The fourth-order valence-electron chi connectivity index (χ4n) is 2.37. The Morgan fingerprint density at radius 1 is 1.24 bits per heavy atom. The highest BCUT2D eigenvalue weighted by molar-refractivity contribution is 7.89. The number of rotatable bonds is 2. The van der Waals surface area contributed by atoms with Crippen LogP contribution in [0.4, 0.5) is 17.6 Å². The molecular weight excluding hydrogens is 312 g/mol. The van der Waals surface area contributed by atoms with Crippen LogP contribution in [0.25, 0.3) is 0 Å². The molecule has 3 N–H and O–H groups in total. The van der Waals surface area contributed by atoms with E-state index in [2.05, 4.69) is 5.32 Å². The average molecular weight is 326 g/mol. The SMILES string of the molecule is NS(=O)(=O)C1CCC(c2ccc(F)c(C(F)(F)F)c2)NC1. The van der Waals surface area contributed by atoms with Crippen molar-refractivity contribution in [2.45, 2.75) is 30.3 Å². The van der Waals surface area contributed by atoms with Gasteiger partial charge in [-0.3, -0.25) is 0 Å². The van der Waals surface area contributed by atoms with Crippen molar-refractivity contribution in [1.82, 2.24) is 5.32 Å². The number of hydrogen-bond acceptors (Lipinski definition) is 3. The monoisotopic (exact) mass is 326 g/mol. The van der Waals surface area contributed by atoms with E-state index in [4.69, 9.17) is 5.14 Å². The van der Waals surface area contributed by atoms with Crippen molar-refractivity contribution in [2.75, 3.05) is 6.54 Å². The molecule has 9 heteroatoms. The van der Waals surface area contributed by atoms with E-state index < -0.39 is 38.9 Å². The number of sulfonamides is 1. The zero-order valence-corrected chi connectivity index (χ0v) is 11.6. The van der Waals surface area contributed by atoms with Gasteiger partial charge in [0, 0.05) is 12.6 Å². The van der Waals surface area contributed by atoms with Gasteiger partial charge in [0.2, 0.25) is 10.0 Å². The Balaban J connectivity index is 2.18. The molecule has 0 radical (unpaired) electrons. The quantitative estimate of drug-likeness (QED) is 0.816. The standard InChI is InChI=1S/C12H14F4N2O2S/c13-10-3-1-7(5-9(10)12(14,15)16)11-4-2-8(6-18-11)21(17,19)20/h1,3,5,8,11,18H,2,4,6H2,(H2,17,19,20). The highest BCUT2D eigenvalue weighted by Gasteiger charge is 2.35. The molecule has 1 heterocycles. The Kier molecular flexibility index (Phi) is 4.27. The molecule has 0 aliphatic carbocycles. The lowest BCUT2D eigenvalue weighted by Crippen LogP contribution is -2.43. The van der Waals surface area contributed by atoms with Gasteiger partial charge in [0.05, 0.1) is 10.8 Å². The molecule has 0 aromatic heterocycles. The molecule has 1 saturated heterocycles. The van der Waals surface area contributed by atoms with Crippen LogP contribution in [0.2, 0.25) is 0 Å². The first-order chi connectivity index (χ1) is 9.59. The molecule has 0 bridgehead atoms. The molecule has 0 saturated carbocycles. The van der Waals surface area contributed by atoms with E-state index in [1.165, 1.54) is 6.07 Å². The van der Waals surface area contributed by atoms with Gasteiger partial charge >= 0.3 is 6.18 Å². The van der Waals surface area contributed by atoms with Crippen molar-refractivity contribution in [3.8, 4) is 0 Å². The first kappa shape index (κ1) is 16.2. The second-order valence-corrected chi connectivity index (χ2v) is 6.83. The average Bonchev–Trinajstić information content (AvgIpc) is 2.37. The summed E-state index contributed by atoms with van der Waals surface area (Å²) in [4.78, 5) is 0. The summed E-state index contributed by atoms with van der Waals surface area (Å²) in [7, 11) is -3.67. The minimum Gasteiger partial charge on any atom is -0.309 e. The molecule has 1 aromatic rings. The topological polar surface area (TPSA) is 72.2 Å². The van der Waals surface area contributed by atoms with Crippen molar-refractivity contribution in [3.05, 3.63) is 35.1 Å². The maximum absolute atomic E-state index is 13.2. The van der Waals surface area contributed by atoms with E-state index in [0.29, 0.717) is 6.42 Å². The van der Waals surface area contributed by atoms with Crippen LogP contribution in [-0.4, -0.2) is 20.2 Å². The number of alkyl halides is 3. The van der Waals surface area contributed by atoms with Crippen molar-refractivity contribution in [2.24, 2.45) is 5.14 Å². The van der Waals surface area contributed by atoms with E-state index in [9.17, 15) is 26.0 Å². The number of nitrogens with two attached hydrogens (primary N) is 1. The summed E-state index contributed by atoms with van der Waals surface area (Å²) < 4.78 is 73.6. The summed E-state index contributed by atoms with van der Waals surface area (Å²) in [6.07, 6.45) is -4.21. The Hall–Kier alpha value is -1.19. The molecule has 4 nitrogen and oxygen atoms in total. The maximum atomic E-state index is 13.2. The fraction of sp³-hybridized carbons (Fsp3) is 0.500. The van der Waals surface area contributed by atoms with Gasteiger partial charge < -0.3 is 5.32 Å². The van der Waals surface area contributed by atoms with Crippen LogP contribution < -0.4 is 10.5 Å². The van der Waals surface area contributed by atoms with E-state index in [1.54, 1.807) is 0 Å². The predicted octanol–water partition coefficient (Wildman–Crippen LogP) is 1.93. The summed E-state index contributed by atoms with van der Waals surface area (Å²) in [6, 6.07) is 2.33. The van der Waals surface area contributed by atoms with Gasteiger partial charge in [0.25, 0.3) is 0 Å². The normalized spacial score (nSPS) is 24.0.